The van der Waals surface area contributed by atoms with Gasteiger partial charge in [-0.3, -0.25) is 14.5 Å². The lowest BCUT2D eigenvalue weighted by Crippen LogP contribution is -2.40. The first-order chi connectivity index (χ1) is 13.8. The van der Waals surface area contributed by atoms with Crippen LogP contribution in [-0.2, 0) is 29.1 Å². The maximum atomic E-state index is 12.8. The Bertz CT molecular complexity index is 808. The molecule has 1 aromatic carbocycles. The van der Waals surface area contributed by atoms with Gasteiger partial charge in [-0.2, -0.15) is 4.31 Å². The van der Waals surface area contributed by atoms with Crippen LogP contribution < -0.4 is 5.32 Å². The van der Waals surface area contributed by atoms with Crippen LogP contribution in [-0.4, -0.2) is 82.5 Å². The first-order valence-corrected chi connectivity index (χ1v) is 11.0. The van der Waals surface area contributed by atoms with Gasteiger partial charge in [0.2, 0.25) is 15.9 Å². The summed E-state index contributed by atoms with van der Waals surface area (Å²) in [4.78, 5) is 26.0. The summed E-state index contributed by atoms with van der Waals surface area (Å²) < 4.78 is 36.8. The van der Waals surface area contributed by atoms with Gasteiger partial charge >= 0.3 is 5.97 Å². The van der Waals surface area contributed by atoms with Gasteiger partial charge in [0.1, 0.15) is 0 Å². The minimum atomic E-state index is -3.64. The molecule has 0 spiro atoms. The van der Waals surface area contributed by atoms with Crippen molar-refractivity contribution in [1.82, 2.24) is 9.21 Å². The number of sulfonamides is 1. The van der Waals surface area contributed by atoms with Gasteiger partial charge in [-0.1, -0.05) is 19.9 Å². The molecule has 1 heterocycles. The number of ether oxygens (including phenoxy) is 2. The van der Waals surface area contributed by atoms with E-state index in [1.165, 1.54) is 23.5 Å². The van der Waals surface area contributed by atoms with Gasteiger partial charge in [0.05, 0.1) is 37.7 Å². The Balaban J connectivity index is 2.01. The van der Waals surface area contributed by atoms with Crippen molar-refractivity contribution in [2.24, 2.45) is 5.92 Å². The molecule has 0 bridgehead atoms. The third-order valence-electron chi connectivity index (χ3n) is 4.68. The highest BCUT2D eigenvalue weighted by Gasteiger charge is 2.26. The molecule has 1 atom stereocenters. The summed E-state index contributed by atoms with van der Waals surface area (Å²) in [5.74, 6) is -0.968. The van der Waals surface area contributed by atoms with Crippen LogP contribution in [0.5, 0.6) is 0 Å². The molecule has 162 valence electrons. The molecule has 29 heavy (non-hydrogen) atoms. The van der Waals surface area contributed by atoms with Gasteiger partial charge in [-0.05, 0) is 24.7 Å². The number of likely N-dealkylation sites (N-methyl/N-ethyl adjacent to an activating group) is 1. The first-order valence-electron chi connectivity index (χ1n) is 9.56. The number of methoxy groups -OCH3 is 1. The highest BCUT2D eigenvalue weighted by Crippen LogP contribution is 2.20. The van der Waals surface area contributed by atoms with Crippen LogP contribution in [0.15, 0.2) is 29.2 Å². The molecule has 1 aliphatic heterocycles. The second kappa shape index (κ2) is 10.7. The van der Waals surface area contributed by atoms with E-state index in [0.29, 0.717) is 45.1 Å². The molecule has 1 unspecified atom stereocenters. The van der Waals surface area contributed by atoms with Crippen LogP contribution in [0.4, 0.5) is 5.69 Å². The molecule has 0 saturated carbocycles. The molecule has 10 heteroatoms. The van der Waals surface area contributed by atoms with Crippen molar-refractivity contribution in [3.8, 4) is 0 Å². The topological polar surface area (TPSA) is 105 Å². The van der Waals surface area contributed by atoms with Crippen molar-refractivity contribution in [2.45, 2.75) is 18.7 Å². The van der Waals surface area contributed by atoms with Crippen molar-refractivity contribution in [1.29, 1.82) is 0 Å². The van der Waals surface area contributed by atoms with Crippen molar-refractivity contribution in [3.63, 3.8) is 0 Å². The minimum Gasteiger partial charge on any atom is -0.469 e. The van der Waals surface area contributed by atoms with E-state index < -0.39 is 10.0 Å². The Morgan fingerprint density at radius 2 is 2.00 bits per heavy atom. The lowest BCUT2D eigenvalue weighted by molar-refractivity contribution is -0.145. The Morgan fingerprint density at radius 1 is 1.31 bits per heavy atom. The molecule has 1 saturated heterocycles. The molecular weight excluding hydrogens is 398 g/mol. The van der Waals surface area contributed by atoms with Gasteiger partial charge in [0, 0.05) is 25.3 Å². The van der Waals surface area contributed by atoms with E-state index in [2.05, 4.69) is 5.32 Å². The molecule has 1 N–H and O–H groups in total. The fraction of sp³-hybridized carbons (Fsp3) is 0.579. The summed E-state index contributed by atoms with van der Waals surface area (Å²) >= 11 is 0. The van der Waals surface area contributed by atoms with Crippen LogP contribution in [0.1, 0.15) is 13.8 Å². The number of amides is 1. The van der Waals surface area contributed by atoms with Crippen molar-refractivity contribution in [3.05, 3.63) is 24.3 Å². The van der Waals surface area contributed by atoms with Gasteiger partial charge in [-0.25, -0.2) is 8.42 Å². The normalized spacial score (nSPS) is 16.4. The van der Waals surface area contributed by atoms with Gasteiger partial charge in [0.15, 0.2) is 0 Å². The number of benzene rings is 1. The number of carbonyl (C=O) groups is 2. The molecule has 1 aromatic rings. The van der Waals surface area contributed by atoms with Crippen LogP contribution in [0.2, 0.25) is 0 Å². The third-order valence-corrected chi connectivity index (χ3v) is 6.57. The fourth-order valence-electron chi connectivity index (χ4n) is 3.04. The SMILES string of the molecule is CCN(CC(=O)Nc1cccc(S(=O)(=O)N2CCOCC2)c1)CC(C)C(=O)OC. The molecule has 2 rings (SSSR count). The van der Waals surface area contributed by atoms with E-state index in [4.69, 9.17) is 9.47 Å². The van der Waals surface area contributed by atoms with E-state index in [1.807, 2.05) is 11.8 Å². The molecular formula is C19H29N3O6S. The Morgan fingerprint density at radius 3 is 2.62 bits per heavy atom. The highest BCUT2D eigenvalue weighted by molar-refractivity contribution is 7.89. The van der Waals surface area contributed by atoms with Gasteiger partial charge in [-0.15, -0.1) is 0 Å². The molecule has 0 aliphatic carbocycles. The van der Waals surface area contributed by atoms with E-state index in [0.717, 1.165) is 0 Å². The Hall–Kier alpha value is -2.01. The summed E-state index contributed by atoms with van der Waals surface area (Å²) in [7, 11) is -2.30. The standard InChI is InChI=1S/C19H29N3O6S/c1-4-21(13-15(2)19(24)27-3)14-18(23)20-16-6-5-7-17(12-16)29(25,26)22-8-10-28-11-9-22/h5-7,12,15H,4,8-11,13-14H2,1-3H3,(H,20,23). The largest absolute Gasteiger partial charge is 0.469 e. The molecule has 1 amide bonds. The number of hydrogen-bond donors (Lipinski definition) is 1. The predicted molar refractivity (Wildman–Crippen MR) is 108 cm³/mol. The third kappa shape index (κ3) is 6.49. The molecule has 1 fully saturated rings. The number of carbonyl (C=O) groups excluding carboxylic acids is 2. The second-order valence-corrected chi connectivity index (χ2v) is 8.78. The zero-order valence-corrected chi connectivity index (χ0v) is 17.9. The Kier molecular flexibility index (Phi) is 8.57. The summed E-state index contributed by atoms with van der Waals surface area (Å²) in [6, 6.07) is 6.20. The number of morpholine rings is 1. The Labute approximate surface area is 172 Å². The lowest BCUT2D eigenvalue weighted by atomic mass is 10.1. The number of anilines is 1. The lowest BCUT2D eigenvalue weighted by Gasteiger charge is -2.26. The van der Waals surface area contributed by atoms with E-state index in [9.17, 15) is 18.0 Å². The van der Waals surface area contributed by atoms with Crippen LogP contribution >= 0.6 is 0 Å². The van der Waals surface area contributed by atoms with E-state index in [1.54, 1.807) is 19.1 Å². The van der Waals surface area contributed by atoms with Crippen molar-refractivity contribution < 1.29 is 27.5 Å². The maximum absolute atomic E-state index is 12.8. The summed E-state index contributed by atoms with van der Waals surface area (Å²) in [5, 5.41) is 2.73. The number of esters is 1. The second-order valence-electron chi connectivity index (χ2n) is 6.84. The van der Waals surface area contributed by atoms with Crippen LogP contribution in [0, 0.1) is 5.92 Å². The monoisotopic (exact) mass is 427 g/mol. The summed E-state index contributed by atoms with van der Waals surface area (Å²) in [5.41, 5.74) is 0.404. The molecule has 1 aliphatic rings. The molecule has 0 aromatic heterocycles. The number of nitrogens with zero attached hydrogens (tertiary/aromatic N) is 2. The summed E-state index contributed by atoms with van der Waals surface area (Å²) in [6.45, 7) is 6.05. The molecule has 9 nitrogen and oxygen atoms in total. The maximum Gasteiger partial charge on any atom is 0.309 e. The van der Waals surface area contributed by atoms with E-state index in [-0.39, 0.29) is 29.2 Å². The van der Waals surface area contributed by atoms with Crippen LogP contribution in [0.25, 0.3) is 0 Å². The predicted octanol–water partition coefficient (Wildman–Crippen LogP) is 0.777. The van der Waals surface area contributed by atoms with Crippen molar-refractivity contribution >= 4 is 27.6 Å². The van der Waals surface area contributed by atoms with Crippen molar-refractivity contribution in [2.75, 3.05) is 58.4 Å². The fourth-order valence-corrected chi connectivity index (χ4v) is 4.50. The molecule has 0 radical (unpaired) electrons. The number of hydrogen-bond acceptors (Lipinski definition) is 7. The average Bonchev–Trinajstić information content (AvgIpc) is 2.73. The quantitative estimate of drug-likeness (QED) is 0.581. The zero-order chi connectivity index (χ0) is 21.4. The number of nitrogens with one attached hydrogen (secondary N) is 1. The first kappa shape index (κ1) is 23.3. The van der Waals surface area contributed by atoms with E-state index >= 15 is 0 Å². The highest BCUT2D eigenvalue weighted by atomic mass is 32.2. The smallest absolute Gasteiger partial charge is 0.309 e. The van der Waals surface area contributed by atoms with Crippen LogP contribution in [0.3, 0.4) is 0 Å². The average molecular weight is 428 g/mol. The summed E-state index contributed by atoms with van der Waals surface area (Å²) in [6.07, 6.45) is 0. The zero-order valence-electron chi connectivity index (χ0n) is 17.1. The number of rotatable bonds is 9. The van der Waals surface area contributed by atoms with Gasteiger partial charge in [0.25, 0.3) is 0 Å². The minimum absolute atomic E-state index is 0.0816. The van der Waals surface area contributed by atoms with Gasteiger partial charge < -0.3 is 14.8 Å².